The number of hydrogen-bond acceptors (Lipinski definition) is 3. The highest BCUT2D eigenvalue weighted by Crippen LogP contribution is 2.09. The van der Waals surface area contributed by atoms with Crippen LogP contribution >= 0.6 is 0 Å². The molecule has 0 fully saturated rings. The minimum atomic E-state index is -0.423. The van der Waals surface area contributed by atoms with Gasteiger partial charge in [0.15, 0.2) is 0 Å². The lowest BCUT2D eigenvalue weighted by Gasteiger charge is -1.98. The van der Waals surface area contributed by atoms with E-state index in [1.807, 2.05) is 6.92 Å². The van der Waals surface area contributed by atoms with Gasteiger partial charge in [-0.3, -0.25) is 0 Å². The Kier molecular flexibility index (Phi) is 3.11. The number of halogens is 1. The maximum atomic E-state index is 13.2. The van der Waals surface area contributed by atoms with Gasteiger partial charge in [-0.2, -0.15) is 5.10 Å². The number of benzene rings is 1. The summed E-state index contributed by atoms with van der Waals surface area (Å²) in [6, 6.07) is 4.43. The average molecular weight is 242 g/mol. The standard InChI is InChI=1S/C13H11FN4/c1-3-11-6-10(4-5-12(11)14)7-16-18-8-9(2)17-13(18)15/h1,4-8H,2H3,(H2,15,17). The van der Waals surface area contributed by atoms with Crippen LogP contribution in [0.5, 0.6) is 0 Å². The van der Waals surface area contributed by atoms with Crippen molar-refractivity contribution in [3.8, 4) is 12.3 Å². The summed E-state index contributed by atoms with van der Waals surface area (Å²) in [4.78, 5) is 4.01. The van der Waals surface area contributed by atoms with E-state index in [-0.39, 0.29) is 5.56 Å². The van der Waals surface area contributed by atoms with E-state index in [1.54, 1.807) is 18.3 Å². The molecule has 1 heterocycles. The number of anilines is 1. The lowest BCUT2D eigenvalue weighted by Crippen LogP contribution is -1.97. The Hall–Kier alpha value is -2.61. The predicted molar refractivity (Wildman–Crippen MR) is 68.7 cm³/mol. The lowest BCUT2D eigenvalue weighted by atomic mass is 10.1. The quantitative estimate of drug-likeness (QED) is 0.644. The van der Waals surface area contributed by atoms with Crippen molar-refractivity contribution < 1.29 is 4.39 Å². The molecular weight excluding hydrogens is 231 g/mol. The molecule has 18 heavy (non-hydrogen) atoms. The number of imidazole rings is 1. The summed E-state index contributed by atoms with van der Waals surface area (Å²) in [5, 5.41) is 4.12. The van der Waals surface area contributed by atoms with E-state index >= 15 is 0 Å². The fraction of sp³-hybridized carbons (Fsp3) is 0.0769. The Morgan fingerprint density at radius 3 is 2.94 bits per heavy atom. The normalized spacial score (nSPS) is 10.7. The van der Waals surface area contributed by atoms with Crippen LogP contribution in [0.15, 0.2) is 29.5 Å². The zero-order valence-corrected chi connectivity index (χ0v) is 9.76. The third-order valence-electron chi connectivity index (χ3n) is 2.31. The summed E-state index contributed by atoms with van der Waals surface area (Å²) >= 11 is 0. The van der Waals surface area contributed by atoms with Gasteiger partial charge in [0.25, 0.3) is 0 Å². The lowest BCUT2D eigenvalue weighted by molar-refractivity contribution is 0.624. The van der Waals surface area contributed by atoms with Crippen molar-refractivity contribution in [2.45, 2.75) is 6.92 Å². The van der Waals surface area contributed by atoms with Gasteiger partial charge in [0, 0.05) is 0 Å². The van der Waals surface area contributed by atoms with E-state index in [0.717, 1.165) is 5.69 Å². The van der Waals surface area contributed by atoms with Crippen molar-refractivity contribution in [2.24, 2.45) is 5.10 Å². The van der Waals surface area contributed by atoms with Crippen LogP contribution in [0.4, 0.5) is 10.3 Å². The van der Waals surface area contributed by atoms with Crippen LogP contribution in [-0.4, -0.2) is 15.9 Å². The highest BCUT2D eigenvalue weighted by molar-refractivity contribution is 5.80. The first-order chi connectivity index (χ1) is 8.60. The van der Waals surface area contributed by atoms with Gasteiger partial charge in [-0.15, -0.1) is 6.42 Å². The number of nitrogen functional groups attached to an aromatic ring is 1. The third-order valence-corrected chi connectivity index (χ3v) is 2.31. The maximum absolute atomic E-state index is 13.2. The van der Waals surface area contributed by atoms with E-state index in [1.165, 1.54) is 17.0 Å². The number of hydrogen-bond donors (Lipinski definition) is 1. The second kappa shape index (κ2) is 4.72. The molecule has 0 aliphatic heterocycles. The zero-order chi connectivity index (χ0) is 13.1. The van der Waals surface area contributed by atoms with Crippen LogP contribution in [-0.2, 0) is 0 Å². The summed E-state index contributed by atoms with van der Waals surface area (Å²) in [6.07, 6.45) is 8.42. The van der Waals surface area contributed by atoms with Crippen LogP contribution in [0, 0.1) is 25.1 Å². The van der Waals surface area contributed by atoms with Gasteiger partial charge in [0.1, 0.15) is 5.82 Å². The van der Waals surface area contributed by atoms with Crippen LogP contribution < -0.4 is 5.73 Å². The molecule has 2 rings (SSSR count). The number of aromatic nitrogens is 2. The first-order valence-electron chi connectivity index (χ1n) is 5.22. The second-order valence-corrected chi connectivity index (χ2v) is 3.71. The molecule has 2 aromatic rings. The molecule has 1 aromatic carbocycles. The highest BCUT2D eigenvalue weighted by atomic mass is 19.1. The summed E-state index contributed by atoms with van der Waals surface area (Å²) < 4.78 is 14.6. The van der Waals surface area contributed by atoms with Gasteiger partial charge in [-0.1, -0.05) is 12.0 Å². The zero-order valence-electron chi connectivity index (χ0n) is 9.76. The molecule has 0 bridgehead atoms. The van der Waals surface area contributed by atoms with Crippen molar-refractivity contribution in [3.05, 3.63) is 47.0 Å². The summed E-state index contributed by atoms with van der Waals surface area (Å²) in [6.45, 7) is 1.82. The van der Waals surface area contributed by atoms with Gasteiger partial charge in [0.2, 0.25) is 5.95 Å². The number of aryl methyl sites for hydroxylation is 1. The van der Waals surface area contributed by atoms with Crippen molar-refractivity contribution >= 4 is 12.2 Å². The van der Waals surface area contributed by atoms with Crippen molar-refractivity contribution in [1.82, 2.24) is 9.66 Å². The van der Waals surface area contributed by atoms with Gasteiger partial charge < -0.3 is 5.73 Å². The van der Waals surface area contributed by atoms with Crippen LogP contribution in [0.2, 0.25) is 0 Å². The number of rotatable bonds is 2. The molecule has 4 nitrogen and oxygen atoms in total. The average Bonchev–Trinajstić information content (AvgIpc) is 2.67. The Morgan fingerprint density at radius 2 is 2.33 bits per heavy atom. The van der Waals surface area contributed by atoms with Crippen LogP contribution in [0.25, 0.3) is 0 Å². The molecule has 0 saturated heterocycles. The van der Waals surface area contributed by atoms with Crippen molar-refractivity contribution in [3.63, 3.8) is 0 Å². The second-order valence-electron chi connectivity index (χ2n) is 3.71. The van der Waals surface area contributed by atoms with Crippen LogP contribution in [0.1, 0.15) is 16.8 Å². The third kappa shape index (κ3) is 2.38. The summed E-state index contributed by atoms with van der Waals surface area (Å²) in [5.74, 6) is 2.14. The van der Waals surface area contributed by atoms with E-state index in [9.17, 15) is 4.39 Å². The van der Waals surface area contributed by atoms with E-state index in [4.69, 9.17) is 12.2 Å². The molecule has 0 spiro atoms. The first kappa shape index (κ1) is 11.9. The van der Waals surface area contributed by atoms with Crippen LogP contribution in [0.3, 0.4) is 0 Å². The fourth-order valence-corrected chi connectivity index (χ4v) is 1.46. The van der Waals surface area contributed by atoms with Gasteiger partial charge in [-0.05, 0) is 24.6 Å². The van der Waals surface area contributed by atoms with Crippen molar-refractivity contribution in [2.75, 3.05) is 5.73 Å². The first-order valence-corrected chi connectivity index (χ1v) is 5.22. The highest BCUT2D eigenvalue weighted by Gasteiger charge is 2.01. The summed E-state index contributed by atoms with van der Waals surface area (Å²) in [7, 11) is 0. The minimum absolute atomic E-state index is 0.203. The predicted octanol–water partition coefficient (Wildman–Crippen LogP) is 1.78. The molecule has 0 radical (unpaired) electrons. The van der Waals surface area contributed by atoms with E-state index in [0.29, 0.717) is 11.5 Å². The Labute approximate surface area is 104 Å². The topological polar surface area (TPSA) is 56.2 Å². The molecule has 2 N–H and O–H groups in total. The Bertz CT molecular complexity index is 649. The molecular formula is C13H11FN4. The molecule has 0 saturated carbocycles. The van der Waals surface area contributed by atoms with E-state index < -0.39 is 5.82 Å². The summed E-state index contributed by atoms with van der Waals surface area (Å²) in [5.41, 5.74) is 7.30. The largest absolute Gasteiger partial charge is 0.368 e. The molecule has 0 aliphatic carbocycles. The smallest absolute Gasteiger partial charge is 0.221 e. The SMILES string of the molecule is C#Cc1cc(C=Nn2cc(C)nc2N)ccc1F. The molecule has 0 unspecified atom stereocenters. The number of nitrogens with zero attached hydrogens (tertiary/aromatic N) is 3. The van der Waals surface area contributed by atoms with Gasteiger partial charge >= 0.3 is 0 Å². The van der Waals surface area contributed by atoms with Crippen molar-refractivity contribution in [1.29, 1.82) is 0 Å². The fourth-order valence-electron chi connectivity index (χ4n) is 1.46. The molecule has 0 aliphatic rings. The molecule has 1 aromatic heterocycles. The number of terminal acetylenes is 1. The number of nitrogens with two attached hydrogens (primary N) is 1. The molecule has 90 valence electrons. The van der Waals surface area contributed by atoms with E-state index in [2.05, 4.69) is 16.0 Å². The van der Waals surface area contributed by atoms with Gasteiger partial charge in [0.05, 0.1) is 23.7 Å². The Morgan fingerprint density at radius 1 is 1.56 bits per heavy atom. The molecule has 0 amide bonds. The minimum Gasteiger partial charge on any atom is -0.368 e. The Balaban J connectivity index is 2.29. The maximum Gasteiger partial charge on any atom is 0.221 e. The molecule has 5 heteroatoms. The molecule has 0 atom stereocenters. The monoisotopic (exact) mass is 242 g/mol. The van der Waals surface area contributed by atoms with Gasteiger partial charge in [-0.25, -0.2) is 14.1 Å².